The highest BCUT2D eigenvalue weighted by Gasteiger charge is 2.54. The molecule has 1 saturated heterocycles. The minimum Gasteiger partial charge on any atom is -0.381 e. The Morgan fingerprint density at radius 1 is 1.00 bits per heavy atom. The van der Waals surface area contributed by atoms with Crippen LogP contribution in [0.4, 0.5) is 8.78 Å². The number of halogens is 2. The molecule has 1 amide bonds. The molecule has 1 atom stereocenters. The second-order valence-corrected chi connectivity index (χ2v) is 8.00. The zero-order chi connectivity index (χ0) is 20.8. The maximum Gasteiger partial charge on any atom is 0.235 e. The molecule has 6 heteroatoms. The van der Waals surface area contributed by atoms with Gasteiger partial charge in [0.1, 0.15) is 5.92 Å². The third-order valence-corrected chi connectivity index (χ3v) is 6.32. The molecule has 2 aromatic rings. The van der Waals surface area contributed by atoms with Gasteiger partial charge < -0.3 is 10.1 Å². The van der Waals surface area contributed by atoms with Gasteiger partial charge in [0.15, 0.2) is 17.4 Å². The van der Waals surface area contributed by atoms with Crippen molar-refractivity contribution in [3.05, 3.63) is 59.2 Å². The van der Waals surface area contributed by atoms with Crippen LogP contribution in [0.15, 0.2) is 36.4 Å². The zero-order valence-electron chi connectivity index (χ0n) is 16.4. The fraction of sp³-hybridized carbons (Fsp3) is 0.391. The molecule has 1 aliphatic carbocycles. The number of Topliss-reactive ketones (excluding diaryl/α,β-unsaturated/α-hetero) is 1. The quantitative estimate of drug-likeness (QED) is 0.793. The minimum absolute atomic E-state index is 0.109. The van der Waals surface area contributed by atoms with Crippen LogP contribution in [0.25, 0.3) is 11.1 Å². The van der Waals surface area contributed by atoms with E-state index in [9.17, 15) is 18.4 Å². The number of hydrogen-bond donors (Lipinski definition) is 1. The topological polar surface area (TPSA) is 55.4 Å². The highest BCUT2D eigenvalue weighted by Crippen LogP contribution is 2.41. The van der Waals surface area contributed by atoms with Gasteiger partial charge in [-0.2, -0.15) is 0 Å². The van der Waals surface area contributed by atoms with Crippen LogP contribution in [-0.4, -0.2) is 30.4 Å². The lowest BCUT2D eigenvalue weighted by Crippen LogP contribution is -2.50. The number of hydrogen-bond acceptors (Lipinski definition) is 3. The number of benzene rings is 2. The lowest BCUT2D eigenvalue weighted by molar-refractivity contribution is -0.126. The molecule has 1 aliphatic heterocycles. The standard InChI is InChI=1S/C23H23F2NO3/c1-13-3-4-14(15-5-6-18(24)19(25)12-15)11-17(13)20-21(27)23(26-22(20)28)9-7-16(29-2)8-10-23/h3-6,11-12,16,20H,7-10H2,1-2H3,(H,26,28)/t16?,20-,23?/m1/s1. The summed E-state index contributed by atoms with van der Waals surface area (Å²) in [5.41, 5.74) is 1.72. The SMILES string of the molecule is COC1CCC2(CC1)NC(=O)[C@H](c1cc(-c3ccc(F)c(F)c3)ccc1C)C2=O. The Bertz CT molecular complexity index is 980. The molecule has 0 aromatic heterocycles. The first kappa shape index (κ1) is 19.7. The molecule has 29 heavy (non-hydrogen) atoms. The largest absolute Gasteiger partial charge is 0.381 e. The van der Waals surface area contributed by atoms with Gasteiger partial charge in [-0.05, 0) is 73.1 Å². The van der Waals surface area contributed by atoms with E-state index >= 15 is 0 Å². The third-order valence-electron chi connectivity index (χ3n) is 6.32. The Morgan fingerprint density at radius 2 is 1.66 bits per heavy atom. The van der Waals surface area contributed by atoms with Crippen molar-refractivity contribution < 1.29 is 23.1 Å². The number of rotatable bonds is 3. The van der Waals surface area contributed by atoms with Gasteiger partial charge in [-0.25, -0.2) is 8.78 Å². The van der Waals surface area contributed by atoms with Gasteiger partial charge in [-0.15, -0.1) is 0 Å². The molecule has 2 aromatic carbocycles. The van der Waals surface area contributed by atoms with Crippen molar-refractivity contribution in [3.8, 4) is 11.1 Å². The van der Waals surface area contributed by atoms with E-state index in [1.54, 1.807) is 25.3 Å². The molecule has 1 saturated carbocycles. The van der Waals surface area contributed by atoms with Crippen molar-refractivity contribution in [2.45, 2.75) is 50.2 Å². The average molecular weight is 399 g/mol. The molecular formula is C23H23F2NO3. The van der Waals surface area contributed by atoms with Crippen molar-refractivity contribution in [2.75, 3.05) is 7.11 Å². The predicted molar refractivity (Wildman–Crippen MR) is 104 cm³/mol. The Morgan fingerprint density at radius 3 is 2.31 bits per heavy atom. The van der Waals surface area contributed by atoms with Crippen LogP contribution < -0.4 is 5.32 Å². The first-order valence-corrected chi connectivity index (χ1v) is 9.80. The van der Waals surface area contributed by atoms with Crippen LogP contribution in [-0.2, 0) is 14.3 Å². The number of nitrogens with one attached hydrogen (secondary N) is 1. The smallest absolute Gasteiger partial charge is 0.235 e. The van der Waals surface area contributed by atoms with Gasteiger partial charge >= 0.3 is 0 Å². The fourth-order valence-corrected chi connectivity index (χ4v) is 4.55. The van der Waals surface area contributed by atoms with Crippen LogP contribution in [0.2, 0.25) is 0 Å². The summed E-state index contributed by atoms with van der Waals surface area (Å²) in [5.74, 6) is -3.15. The van der Waals surface area contributed by atoms with Gasteiger partial charge in [-0.1, -0.05) is 18.2 Å². The first-order valence-electron chi connectivity index (χ1n) is 9.80. The molecule has 0 radical (unpaired) electrons. The second kappa shape index (κ2) is 7.34. The highest BCUT2D eigenvalue weighted by molar-refractivity contribution is 6.17. The van der Waals surface area contributed by atoms with Crippen LogP contribution in [0, 0.1) is 18.6 Å². The van der Waals surface area contributed by atoms with Crippen molar-refractivity contribution in [1.82, 2.24) is 5.32 Å². The monoisotopic (exact) mass is 399 g/mol. The number of methoxy groups -OCH3 is 1. The highest BCUT2D eigenvalue weighted by atomic mass is 19.2. The van der Waals surface area contributed by atoms with Gasteiger partial charge in [0, 0.05) is 7.11 Å². The van der Waals surface area contributed by atoms with Crippen LogP contribution in [0.3, 0.4) is 0 Å². The third kappa shape index (κ3) is 3.35. The molecule has 1 spiro atoms. The van der Waals surface area contributed by atoms with Gasteiger partial charge in [0.25, 0.3) is 0 Å². The molecule has 2 aliphatic rings. The van der Waals surface area contributed by atoms with Crippen molar-refractivity contribution in [3.63, 3.8) is 0 Å². The number of ether oxygens (including phenoxy) is 1. The van der Waals surface area contributed by atoms with Crippen LogP contribution in [0.5, 0.6) is 0 Å². The number of carbonyl (C=O) groups is 2. The first-order chi connectivity index (χ1) is 13.8. The molecular weight excluding hydrogens is 376 g/mol. The number of ketones is 1. The lowest BCUT2D eigenvalue weighted by atomic mass is 9.75. The summed E-state index contributed by atoms with van der Waals surface area (Å²) in [6.07, 6.45) is 2.69. The van der Waals surface area contributed by atoms with Crippen LogP contribution in [0.1, 0.15) is 42.7 Å². The predicted octanol–water partition coefficient (Wildman–Crippen LogP) is 4.05. The Kier molecular flexibility index (Phi) is 4.99. The van der Waals surface area contributed by atoms with E-state index in [-0.39, 0.29) is 17.8 Å². The Hall–Kier alpha value is -2.60. The summed E-state index contributed by atoms with van der Waals surface area (Å²) in [5, 5.41) is 2.96. The van der Waals surface area contributed by atoms with E-state index in [1.165, 1.54) is 6.07 Å². The molecule has 4 nitrogen and oxygen atoms in total. The maximum atomic E-state index is 13.7. The normalized spacial score (nSPS) is 26.8. The molecule has 4 rings (SSSR count). The number of carbonyl (C=O) groups excluding carboxylic acids is 2. The summed E-state index contributed by atoms with van der Waals surface area (Å²) >= 11 is 0. The van der Waals surface area contributed by atoms with E-state index in [0.29, 0.717) is 29.5 Å². The fourth-order valence-electron chi connectivity index (χ4n) is 4.55. The second-order valence-electron chi connectivity index (χ2n) is 8.00. The van der Waals surface area contributed by atoms with E-state index in [0.717, 1.165) is 30.5 Å². The van der Waals surface area contributed by atoms with E-state index in [1.807, 2.05) is 6.92 Å². The average Bonchev–Trinajstić information content (AvgIpc) is 2.95. The maximum absolute atomic E-state index is 13.7. The molecule has 152 valence electrons. The van der Waals surface area contributed by atoms with Crippen molar-refractivity contribution in [1.29, 1.82) is 0 Å². The summed E-state index contributed by atoms with van der Waals surface area (Å²) in [4.78, 5) is 26.2. The lowest BCUT2D eigenvalue weighted by Gasteiger charge is -2.35. The molecule has 1 N–H and O–H groups in total. The van der Waals surface area contributed by atoms with Crippen molar-refractivity contribution in [2.24, 2.45) is 0 Å². The van der Waals surface area contributed by atoms with Gasteiger partial charge in [-0.3, -0.25) is 9.59 Å². The zero-order valence-corrected chi connectivity index (χ0v) is 16.4. The molecule has 0 unspecified atom stereocenters. The van der Waals surface area contributed by atoms with E-state index in [2.05, 4.69) is 5.32 Å². The summed E-state index contributed by atoms with van der Waals surface area (Å²) in [7, 11) is 1.66. The van der Waals surface area contributed by atoms with Crippen molar-refractivity contribution >= 4 is 11.7 Å². The number of amides is 1. The Balaban J connectivity index is 1.68. The number of aryl methyl sites for hydroxylation is 1. The molecule has 2 fully saturated rings. The van der Waals surface area contributed by atoms with Crippen LogP contribution >= 0.6 is 0 Å². The Labute approximate surface area is 168 Å². The summed E-state index contributed by atoms with van der Waals surface area (Å²) in [6.45, 7) is 1.84. The summed E-state index contributed by atoms with van der Waals surface area (Å²) < 4.78 is 32.3. The van der Waals surface area contributed by atoms with Gasteiger partial charge in [0.05, 0.1) is 11.6 Å². The van der Waals surface area contributed by atoms with Gasteiger partial charge in [0.2, 0.25) is 5.91 Å². The molecule has 0 bridgehead atoms. The summed E-state index contributed by atoms with van der Waals surface area (Å²) in [6, 6.07) is 9.00. The van der Waals surface area contributed by atoms with E-state index in [4.69, 9.17) is 4.74 Å². The minimum atomic E-state index is -0.937. The molecule has 1 heterocycles. The van der Waals surface area contributed by atoms with E-state index < -0.39 is 23.1 Å².